The summed E-state index contributed by atoms with van der Waals surface area (Å²) in [5.74, 6) is 0.739. The first-order valence-electron chi connectivity index (χ1n) is 8.62. The van der Waals surface area contributed by atoms with E-state index in [-0.39, 0.29) is 22.1 Å². The highest BCUT2D eigenvalue weighted by atomic mass is 32.2. The van der Waals surface area contributed by atoms with Crippen LogP contribution < -0.4 is 5.32 Å². The first-order chi connectivity index (χ1) is 11.5. The summed E-state index contributed by atoms with van der Waals surface area (Å²) >= 11 is 1.55. The second-order valence-electron chi connectivity index (χ2n) is 8.31. The fourth-order valence-electron chi connectivity index (χ4n) is 2.33. The predicted octanol–water partition coefficient (Wildman–Crippen LogP) is 5.05. The van der Waals surface area contributed by atoms with Gasteiger partial charge in [0.15, 0.2) is 0 Å². The fourth-order valence-corrected chi connectivity index (χ4v) is 3.22. The monoisotopic (exact) mass is 359 g/mol. The van der Waals surface area contributed by atoms with Crippen LogP contribution in [-0.2, 0) is 15.7 Å². The molecule has 1 unspecified atom stereocenters. The van der Waals surface area contributed by atoms with Crippen LogP contribution in [0.15, 0.2) is 41.3 Å². The van der Waals surface area contributed by atoms with Crippen LogP contribution in [0.4, 0.5) is 5.82 Å². The van der Waals surface area contributed by atoms with Gasteiger partial charge < -0.3 is 5.32 Å². The molecule has 1 atom stereocenters. The minimum absolute atomic E-state index is 0.0142. The Kier molecular flexibility index (Phi) is 5.67. The van der Waals surface area contributed by atoms with Crippen LogP contribution in [0.25, 0.3) is 0 Å². The van der Waals surface area contributed by atoms with Crippen LogP contribution in [0.1, 0.15) is 54.2 Å². The number of thioether (sulfide) groups is 1. The van der Waals surface area contributed by atoms with Crippen molar-refractivity contribution in [3.8, 4) is 0 Å². The minimum Gasteiger partial charge on any atom is -0.310 e. The Morgan fingerprint density at radius 1 is 1.12 bits per heavy atom. The first-order valence-corrected chi connectivity index (χ1v) is 9.50. The lowest BCUT2D eigenvalue weighted by Gasteiger charge is -2.23. The van der Waals surface area contributed by atoms with E-state index in [0.29, 0.717) is 0 Å². The largest absolute Gasteiger partial charge is 0.310 e. The third-order valence-corrected chi connectivity index (χ3v) is 4.90. The molecular formula is C20H29N3OS. The number of carbonyl (C=O) groups excluding carboxylic acids is 1. The maximum absolute atomic E-state index is 12.7. The Bertz CT molecular complexity index is 724. The number of hydrogen-bond donors (Lipinski definition) is 1. The van der Waals surface area contributed by atoms with Crippen LogP contribution in [0.5, 0.6) is 0 Å². The van der Waals surface area contributed by atoms with Gasteiger partial charge in [0.25, 0.3) is 0 Å². The third kappa shape index (κ3) is 5.11. The SMILES string of the molecule is CC(Sc1ccccc1)C(=O)Nc1cc(C(C)(C)C)nn1C(C)(C)C. The lowest BCUT2D eigenvalue weighted by Crippen LogP contribution is -2.29. The minimum atomic E-state index is -0.206. The van der Waals surface area contributed by atoms with Gasteiger partial charge in [-0.3, -0.25) is 4.79 Å². The summed E-state index contributed by atoms with van der Waals surface area (Å²) < 4.78 is 1.91. The molecule has 2 rings (SSSR count). The van der Waals surface area contributed by atoms with Crippen molar-refractivity contribution in [1.82, 2.24) is 9.78 Å². The molecule has 0 bridgehead atoms. The van der Waals surface area contributed by atoms with Crippen LogP contribution in [0, 0.1) is 0 Å². The molecule has 136 valence electrons. The van der Waals surface area contributed by atoms with Gasteiger partial charge in [0, 0.05) is 16.4 Å². The average Bonchev–Trinajstić information content (AvgIpc) is 2.92. The summed E-state index contributed by atoms with van der Waals surface area (Å²) in [6.07, 6.45) is 0. The number of anilines is 1. The molecule has 25 heavy (non-hydrogen) atoms. The molecule has 0 radical (unpaired) electrons. The van der Waals surface area contributed by atoms with Gasteiger partial charge in [-0.2, -0.15) is 5.10 Å². The molecule has 4 nitrogen and oxygen atoms in total. The van der Waals surface area contributed by atoms with Gasteiger partial charge >= 0.3 is 0 Å². The van der Waals surface area contributed by atoms with Crippen molar-refractivity contribution in [3.63, 3.8) is 0 Å². The van der Waals surface area contributed by atoms with E-state index < -0.39 is 0 Å². The van der Waals surface area contributed by atoms with Crippen molar-refractivity contribution in [3.05, 3.63) is 42.1 Å². The van der Waals surface area contributed by atoms with Gasteiger partial charge in [-0.05, 0) is 39.8 Å². The van der Waals surface area contributed by atoms with E-state index in [9.17, 15) is 4.79 Å². The normalized spacial score (nSPS) is 13.6. The standard InChI is InChI=1S/C20H29N3OS/c1-14(25-15-11-9-8-10-12-15)18(24)21-17-13-16(19(2,3)4)22-23(17)20(5,6)7/h8-14H,1-7H3,(H,21,24). The highest BCUT2D eigenvalue weighted by Crippen LogP contribution is 2.29. The molecule has 1 aromatic carbocycles. The van der Waals surface area contributed by atoms with Gasteiger partial charge in [-0.25, -0.2) is 4.68 Å². The second kappa shape index (κ2) is 7.24. The molecule has 0 aliphatic rings. The van der Waals surface area contributed by atoms with Crippen molar-refractivity contribution in [2.45, 2.75) is 69.6 Å². The molecule has 2 aromatic rings. The molecule has 0 aliphatic heterocycles. The van der Waals surface area contributed by atoms with E-state index in [1.165, 1.54) is 0 Å². The van der Waals surface area contributed by atoms with Crippen molar-refractivity contribution in [1.29, 1.82) is 0 Å². The number of nitrogens with one attached hydrogen (secondary N) is 1. The number of rotatable bonds is 4. The summed E-state index contributed by atoms with van der Waals surface area (Å²) in [7, 11) is 0. The molecule has 0 saturated heterocycles. The highest BCUT2D eigenvalue weighted by Gasteiger charge is 2.26. The van der Waals surface area contributed by atoms with Crippen LogP contribution >= 0.6 is 11.8 Å². The lowest BCUT2D eigenvalue weighted by molar-refractivity contribution is -0.115. The van der Waals surface area contributed by atoms with Crippen molar-refractivity contribution in [2.24, 2.45) is 0 Å². The van der Waals surface area contributed by atoms with E-state index in [2.05, 4.69) is 46.9 Å². The molecule has 0 spiro atoms. The fraction of sp³-hybridized carbons (Fsp3) is 0.500. The van der Waals surface area contributed by atoms with Crippen LogP contribution in [0.2, 0.25) is 0 Å². The second-order valence-corrected chi connectivity index (χ2v) is 9.72. The van der Waals surface area contributed by atoms with Crippen molar-refractivity contribution < 1.29 is 4.79 Å². The summed E-state index contributed by atoms with van der Waals surface area (Å²) in [5.41, 5.74) is 0.698. The van der Waals surface area contributed by atoms with Gasteiger partial charge in [0.2, 0.25) is 5.91 Å². The van der Waals surface area contributed by atoms with E-state index in [1.54, 1.807) is 11.8 Å². The Morgan fingerprint density at radius 3 is 2.24 bits per heavy atom. The van der Waals surface area contributed by atoms with Crippen molar-refractivity contribution in [2.75, 3.05) is 5.32 Å². The predicted molar refractivity (Wildman–Crippen MR) is 106 cm³/mol. The Morgan fingerprint density at radius 2 is 1.72 bits per heavy atom. The smallest absolute Gasteiger partial charge is 0.238 e. The highest BCUT2D eigenvalue weighted by molar-refractivity contribution is 8.00. The lowest BCUT2D eigenvalue weighted by atomic mass is 9.92. The van der Waals surface area contributed by atoms with E-state index in [4.69, 9.17) is 5.10 Å². The first kappa shape index (κ1) is 19.6. The molecule has 1 heterocycles. The third-order valence-electron chi connectivity index (χ3n) is 3.79. The number of carbonyl (C=O) groups is 1. The Balaban J connectivity index is 2.20. The number of nitrogens with zero attached hydrogens (tertiary/aromatic N) is 2. The molecule has 5 heteroatoms. The number of amides is 1. The zero-order valence-corrected chi connectivity index (χ0v) is 17.1. The molecule has 1 amide bonds. The molecule has 0 fully saturated rings. The van der Waals surface area contributed by atoms with Crippen LogP contribution in [-0.4, -0.2) is 20.9 Å². The quantitative estimate of drug-likeness (QED) is 0.777. The maximum Gasteiger partial charge on any atom is 0.238 e. The van der Waals surface area contributed by atoms with E-state index in [1.807, 2.05) is 48.0 Å². The maximum atomic E-state index is 12.7. The summed E-state index contributed by atoms with van der Waals surface area (Å²) in [5, 5.41) is 7.62. The Labute approximate surface area is 155 Å². The molecule has 1 aromatic heterocycles. The summed E-state index contributed by atoms with van der Waals surface area (Å²) in [6.45, 7) is 14.6. The topological polar surface area (TPSA) is 46.9 Å². The summed E-state index contributed by atoms with van der Waals surface area (Å²) in [6, 6.07) is 12.0. The van der Waals surface area contributed by atoms with Crippen LogP contribution in [0.3, 0.4) is 0 Å². The van der Waals surface area contributed by atoms with Gasteiger partial charge in [0.05, 0.1) is 16.5 Å². The van der Waals surface area contributed by atoms with Crippen molar-refractivity contribution >= 4 is 23.5 Å². The van der Waals surface area contributed by atoms with Gasteiger partial charge in [-0.15, -0.1) is 11.8 Å². The number of benzene rings is 1. The number of hydrogen-bond acceptors (Lipinski definition) is 3. The van der Waals surface area contributed by atoms with E-state index in [0.717, 1.165) is 16.4 Å². The summed E-state index contributed by atoms with van der Waals surface area (Å²) in [4.78, 5) is 13.8. The number of aromatic nitrogens is 2. The Hall–Kier alpha value is -1.75. The molecule has 0 saturated carbocycles. The van der Waals surface area contributed by atoms with Gasteiger partial charge in [-0.1, -0.05) is 39.0 Å². The van der Waals surface area contributed by atoms with Gasteiger partial charge in [0.1, 0.15) is 5.82 Å². The van der Waals surface area contributed by atoms with E-state index >= 15 is 0 Å². The molecule has 0 aliphatic carbocycles. The average molecular weight is 360 g/mol. The molecular weight excluding hydrogens is 330 g/mol. The zero-order chi connectivity index (χ0) is 18.8. The zero-order valence-electron chi connectivity index (χ0n) is 16.3. The molecule has 1 N–H and O–H groups in total.